The first-order chi connectivity index (χ1) is 16.2. The molecule has 0 spiro atoms. The van der Waals surface area contributed by atoms with Gasteiger partial charge in [0.2, 0.25) is 5.91 Å². The second-order valence-electron chi connectivity index (χ2n) is 11.8. The van der Waals surface area contributed by atoms with Gasteiger partial charge in [-0.15, -0.1) is 0 Å². The summed E-state index contributed by atoms with van der Waals surface area (Å²) in [6, 6.07) is 4.06. The number of amides is 2. The van der Waals surface area contributed by atoms with Crippen LogP contribution in [-0.4, -0.2) is 75.6 Å². The quantitative estimate of drug-likeness (QED) is 0.568. The number of carboxylic acids is 1. The van der Waals surface area contributed by atoms with E-state index in [9.17, 15) is 24.6 Å². The van der Waals surface area contributed by atoms with Crippen LogP contribution >= 0.6 is 0 Å². The molecule has 2 fully saturated rings. The minimum atomic E-state index is -1.06. The molecule has 0 aromatic heterocycles. The molecule has 3 N–H and O–H groups in total. The second-order valence-corrected chi connectivity index (χ2v) is 11.8. The highest BCUT2D eigenvalue weighted by atomic mass is 16.4. The van der Waals surface area contributed by atoms with Crippen molar-refractivity contribution in [2.45, 2.75) is 96.8 Å². The van der Waals surface area contributed by atoms with Crippen molar-refractivity contribution in [2.24, 2.45) is 5.41 Å². The zero-order valence-corrected chi connectivity index (χ0v) is 22.1. The maximum Gasteiger partial charge on any atom is 0.311 e. The smallest absolute Gasteiger partial charge is 0.311 e. The molecule has 8 nitrogen and oxygen atoms in total. The molecule has 194 valence electrons. The molecule has 2 aliphatic rings. The van der Waals surface area contributed by atoms with Crippen LogP contribution in [0.15, 0.2) is 18.2 Å². The Labute approximate surface area is 208 Å². The van der Waals surface area contributed by atoms with Crippen LogP contribution < -0.4 is 5.32 Å². The Bertz CT molecular complexity index is 986. The van der Waals surface area contributed by atoms with Crippen LogP contribution in [0.3, 0.4) is 0 Å². The summed E-state index contributed by atoms with van der Waals surface area (Å²) in [6.07, 6.45) is 2.36. The van der Waals surface area contributed by atoms with E-state index < -0.39 is 23.5 Å². The average molecular weight is 488 g/mol. The summed E-state index contributed by atoms with van der Waals surface area (Å²) in [5.41, 5.74) is -0.361. The van der Waals surface area contributed by atoms with Crippen molar-refractivity contribution in [3.05, 3.63) is 29.3 Å². The van der Waals surface area contributed by atoms with Crippen LogP contribution in [0.2, 0.25) is 0 Å². The lowest BCUT2D eigenvalue weighted by Gasteiger charge is -2.48. The fourth-order valence-electron chi connectivity index (χ4n) is 5.56. The minimum Gasteiger partial charge on any atom is -0.508 e. The maximum atomic E-state index is 13.4. The van der Waals surface area contributed by atoms with E-state index in [1.807, 2.05) is 27.8 Å². The van der Waals surface area contributed by atoms with Gasteiger partial charge in [0.15, 0.2) is 0 Å². The summed E-state index contributed by atoms with van der Waals surface area (Å²) in [4.78, 5) is 42.7. The van der Waals surface area contributed by atoms with Gasteiger partial charge in [0, 0.05) is 35.8 Å². The first-order valence-corrected chi connectivity index (χ1v) is 12.6. The number of benzene rings is 1. The molecule has 1 aromatic carbocycles. The molecule has 1 aliphatic carbocycles. The van der Waals surface area contributed by atoms with Crippen molar-refractivity contribution in [1.29, 1.82) is 0 Å². The van der Waals surface area contributed by atoms with Gasteiger partial charge in [0.25, 0.3) is 5.91 Å². The topological polar surface area (TPSA) is 110 Å². The molecule has 1 heterocycles. The van der Waals surface area contributed by atoms with Crippen LogP contribution in [0.4, 0.5) is 0 Å². The van der Waals surface area contributed by atoms with Crippen molar-refractivity contribution in [1.82, 2.24) is 15.1 Å². The highest BCUT2D eigenvalue weighted by Gasteiger charge is 2.52. The number of nitrogens with zero attached hydrogens (tertiary/aromatic N) is 2. The van der Waals surface area contributed by atoms with Gasteiger partial charge in [-0.05, 0) is 77.1 Å². The molecule has 4 atom stereocenters. The molecule has 3 rings (SSSR count). The number of hydrogen-bond acceptors (Lipinski definition) is 5. The number of rotatable bonds is 6. The molecular formula is C27H41N3O5. The average Bonchev–Trinajstić information content (AvgIpc) is 3.12. The van der Waals surface area contributed by atoms with Crippen molar-refractivity contribution in [3.8, 4) is 5.75 Å². The van der Waals surface area contributed by atoms with Crippen molar-refractivity contribution in [2.75, 3.05) is 13.6 Å². The molecule has 2 amide bonds. The van der Waals surface area contributed by atoms with Crippen LogP contribution in [0.1, 0.15) is 83.1 Å². The number of likely N-dealkylation sites (tertiary alicyclic amines) is 1. The highest BCUT2D eigenvalue weighted by Crippen LogP contribution is 2.42. The highest BCUT2D eigenvalue weighted by molar-refractivity contribution is 5.98. The summed E-state index contributed by atoms with van der Waals surface area (Å²) in [5.74, 6) is -1.35. The van der Waals surface area contributed by atoms with E-state index in [2.05, 4.69) is 24.1 Å². The molecule has 0 bridgehead atoms. The molecule has 1 saturated heterocycles. The molecule has 3 unspecified atom stereocenters. The van der Waals surface area contributed by atoms with Gasteiger partial charge < -0.3 is 25.3 Å². The van der Waals surface area contributed by atoms with Crippen LogP contribution in [0.5, 0.6) is 5.75 Å². The Morgan fingerprint density at radius 3 is 2.43 bits per heavy atom. The van der Waals surface area contributed by atoms with Gasteiger partial charge in [0.1, 0.15) is 11.8 Å². The summed E-state index contributed by atoms with van der Waals surface area (Å²) >= 11 is 0. The number of carbonyl (C=O) groups excluding carboxylic acids is 2. The van der Waals surface area contributed by atoms with E-state index >= 15 is 0 Å². The van der Waals surface area contributed by atoms with Gasteiger partial charge in [-0.1, -0.05) is 20.8 Å². The zero-order valence-electron chi connectivity index (χ0n) is 22.1. The number of phenolic OH excluding ortho intramolecular Hbond substituents is 1. The standard InChI is InChI=1S/C27H41N3O5/c1-16(2)29(7)18-9-11-22(27(6,15-18)25(34)35)30-13-12-20(24(30)33)28-23(32)17-8-10-21(31)19(14-17)26(3,4)5/h8,10,14,16,18,20,22,31H,9,11-13,15H2,1-7H3,(H,28,32)(H,34,35)/t18?,20-,22?,27?/m0/s1. The van der Waals surface area contributed by atoms with E-state index in [4.69, 9.17) is 0 Å². The molecule has 0 radical (unpaired) electrons. The van der Waals surface area contributed by atoms with Gasteiger partial charge in [-0.25, -0.2) is 0 Å². The Balaban J connectivity index is 1.75. The Morgan fingerprint density at radius 1 is 1.20 bits per heavy atom. The van der Waals surface area contributed by atoms with Gasteiger partial charge >= 0.3 is 5.97 Å². The van der Waals surface area contributed by atoms with Crippen molar-refractivity contribution in [3.63, 3.8) is 0 Å². The van der Waals surface area contributed by atoms with Gasteiger partial charge in [-0.3, -0.25) is 14.4 Å². The van der Waals surface area contributed by atoms with E-state index in [-0.39, 0.29) is 29.0 Å². The summed E-state index contributed by atoms with van der Waals surface area (Å²) in [5, 5.41) is 23.2. The van der Waals surface area contributed by atoms with Crippen molar-refractivity contribution >= 4 is 17.8 Å². The fourth-order valence-corrected chi connectivity index (χ4v) is 5.56. The number of aliphatic carboxylic acids is 1. The molecular weight excluding hydrogens is 446 g/mol. The molecule has 8 heteroatoms. The Hall–Kier alpha value is -2.61. The Kier molecular flexibility index (Phi) is 7.56. The van der Waals surface area contributed by atoms with Crippen LogP contribution in [0.25, 0.3) is 0 Å². The lowest BCUT2D eigenvalue weighted by molar-refractivity contribution is -0.159. The number of carboxylic acid groups (broad SMARTS) is 1. The van der Waals surface area contributed by atoms with E-state index in [1.54, 1.807) is 24.0 Å². The number of phenols is 1. The van der Waals surface area contributed by atoms with E-state index in [0.29, 0.717) is 43.0 Å². The molecule has 1 aromatic rings. The Morgan fingerprint density at radius 2 is 1.86 bits per heavy atom. The maximum absolute atomic E-state index is 13.4. The van der Waals surface area contributed by atoms with Crippen LogP contribution in [-0.2, 0) is 15.0 Å². The van der Waals surface area contributed by atoms with Gasteiger partial charge in [-0.2, -0.15) is 0 Å². The summed E-state index contributed by atoms with van der Waals surface area (Å²) < 4.78 is 0. The van der Waals surface area contributed by atoms with Crippen molar-refractivity contribution < 1.29 is 24.6 Å². The second kappa shape index (κ2) is 9.80. The number of nitrogens with one attached hydrogen (secondary N) is 1. The minimum absolute atomic E-state index is 0.129. The zero-order chi connectivity index (χ0) is 26.3. The summed E-state index contributed by atoms with van der Waals surface area (Å²) in [7, 11) is 2.03. The SMILES string of the molecule is CC(C)N(C)C1CCC(N2CC[C@H](NC(=O)c3ccc(O)c(C(C)(C)C)c3)C2=O)C(C)(C(=O)O)C1. The number of hydrogen-bond donors (Lipinski definition) is 3. The largest absolute Gasteiger partial charge is 0.508 e. The predicted molar refractivity (Wildman–Crippen MR) is 134 cm³/mol. The third-order valence-corrected chi connectivity index (χ3v) is 8.04. The lowest BCUT2D eigenvalue weighted by atomic mass is 9.68. The van der Waals surface area contributed by atoms with Crippen LogP contribution in [0, 0.1) is 5.41 Å². The lowest BCUT2D eigenvalue weighted by Crippen LogP contribution is -2.58. The number of carbonyl (C=O) groups is 3. The first kappa shape index (κ1) is 27.0. The fraction of sp³-hybridized carbons (Fsp3) is 0.667. The molecule has 1 saturated carbocycles. The molecule has 35 heavy (non-hydrogen) atoms. The normalized spacial score (nSPS) is 27.5. The summed E-state index contributed by atoms with van der Waals surface area (Å²) in [6.45, 7) is 12.2. The molecule has 1 aliphatic heterocycles. The predicted octanol–water partition coefficient (Wildman–Crippen LogP) is 3.37. The van der Waals surface area contributed by atoms with E-state index in [0.717, 1.165) is 6.42 Å². The van der Waals surface area contributed by atoms with Gasteiger partial charge in [0.05, 0.1) is 5.41 Å². The third kappa shape index (κ3) is 5.32. The number of aromatic hydroxyl groups is 1. The monoisotopic (exact) mass is 487 g/mol. The van der Waals surface area contributed by atoms with E-state index in [1.165, 1.54) is 6.07 Å². The first-order valence-electron chi connectivity index (χ1n) is 12.6. The third-order valence-electron chi connectivity index (χ3n) is 8.04.